The number of nitrogens with zero attached hydrogens (tertiary/aromatic N) is 1. The highest BCUT2D eigenvalue weighted by Gasteiger charge is 2.29. The van der Waals surface area contributed by atoms with Crippen molar-refractivity contribution in [1.29, 1.82) is 0 Å². The molecule has 1 heterocycles. The van der Waals surface area contributed by atoms with Crippen molar-refractivity contribution in [1.82, 2.24) is 10.2 Å². The minimum Gasteiger partial charge on any atom is -0.378 e. The Kier molecular flexibility index (Phi) is 5.92. The number of benzene rings is 1. The van der Waals surface area contributed by atoms with E-state index in [1.165, 1.54) is 12.8 Å². The van der Waals surface area contributed by atoms with Crippen molar-refractivity contribution in [2.24, 2.45) is 0 Å². The Morgan fingerprint density at radius 3 is 2.78 bits per heavy atom. The summed E-state index contributed by atoms with van der Waals surface area (Å²) in [7, 11) is 0. The fraction of sp³-hybridized carbons (Fsp3) is 0.611. The molecule has 4 nitrogen and oxygen atoms in total. The van der Waals surface area contributed by atoms with Gasteiger partial charge in [-0.2, -0.15) is 0 Å². The van der Waals surface area contributed by atoms with Gasteiger partial charge >= 0.3 is 0 Å². The Bertz CT molecular complexity index is 526. The summed E-state index contributed by atoms with van der Waals surface area (Å²) in [6.45, 7) is 2.79. The second-order valence-corrected chi connectivity index (χ2v) is 6.89. The SMILES string of the molecule is O=C(CC1COCCN1)N(Cc1ccccc1Cl)C1CCCC1. The molecule has 2 fully saturated rings. The van der Waals surface area contributed by atoms with Gasteiger partial charge in [0.15, 0.2) is 0 Å². The van der Waals surface area contributed by atoms with Crippen LogP contribution in [0.25, 0.3) is 0 Å². The van der Waals surface area contributed by atoms with Crippen LogP contribution in [-0.2, 0) is 16.1 Å². The first-order valence-corrected chi connectivity index (χ1v) is 8.96. The Morgan fingerprint density at radius 2 is 2.09 bits per heavy atom. The highest BCUT2D eigenvalue weighted by Crippen LogP contribution is 2.27. The van der Waals surface area contributed by atoms with Crippen molar-refractivity contribution in [2.75, 3.05) is 19.8 Å². The molecular weight excluding hydrogens is 312 g/mol. The summed E-state index contributed by atoms with van der Waals surface area (Å²) in [5, 5.41) is 4.11. The zero-order valence-corrected chi connectivity index (χ0v) is 14.2. The summed E-state index contributed by atoms with van der Waals surface area (Å²) in [6, 6.07) is 8.30. The first-order chi connectivity index (χ1) is 11.2. The number of amides is 1. The number of halogens is 1. The molecule has 1 unspecified atom stereocenters. The molecule has 5 heteroatoms. The van der Waals surface area contributed by atoms with E-state index in [1.807, 2.05) is 29.2 Å². The van der Waals surface area contributed by atoms with Crippen LogP contribution in [0.2, 0.25) is 5.02 Å². The first kappa shape index (κ1) is 16.7. The van der Waals surface area contributed by atoms with Crippen LogP contribution in [0.15, 0.2) is 24.3 Å². The lowest BCUT2D eigenvalue weighted by Crippen LogP contribution is -2.46. The van der Waals surface area contributed by atoms with E-state index in [0.29, 0.717) is 25.6 Å². The van der Waals surface area contributed by atoms with E-state index in [9.17, 15) is 4.79 Å². The minimum absolute atomic E-state index is 0.131. The fourth-order valence-electron chi connectivity index (χ4n) is 3.53. The van der Waals surface area contributed by atoms with Crippen LogP contribution in [-0.4, -0.2) is 42.6 Å². The van der Waals surface area contributed by atoms with Gasteiger partial charge in [0.05, 0.1) is 13.2 Å². The molecule has 1 aromatic rings. The molecule has 1 aliphatic carbocycles. The van der Waals surface area contributed by atoms with Crippen molar-refractivity contribution in [3.05, 3.63) is 34.9 Å². The predicted octanol–water partition coefficient (Wildman–Crippen LogP) is 2.99. The van der Waals surface area contributed by atoms with E-state index in [-0.39, 0.29) is 11.9 Å². The molecule has 0 bridgehead atoms. The number of hydrogen-bond donors (Lipinski definition) is 1. The number of ether oxygens (including phenoxy) is 1. The van der Waals surface area contributed by atoms with Gasteiger partial charge in [-0.15, -0.1) is 0 Å². The second-order valence-electron chi connectivity index (χ2n) is 6.48. The highest BCUT2D eigenvalue weighted by molar-refractivity contribution is 6.31. The molecule has 1 N–H and O–H groups in total. The van der Waals surface area contributed by atoms with Gasteiger partial charge < -0.3 is 15.0 Å². The molecule has 0 spiro atoms. The number of rotatable bonds is 5. The monoisotopic (exact) mass is 336 g/mol. The summed E-state index contributed by atoms with van der Waals surface area (Å²) in [5.41, 5.74) is 1.03. The Morgan fingerprint density at radius 1 is 1.30 bits per heavy atom. The van der Waals surface area contributed by atoms with Crippen molar-refractivity contribution in [3.63, 3.8) is 0 Å². The summed E-state index contributed by atoms with van der Waals surface area (Å²) in [4.78, 5) is 14.9. The Labute approximate surface area is 143 Å². The molecule has 0 aromatic heterocycles. The van der Waals surface area contributed by atoms with Gasteiger partial charge in [-0.05, 0) is 24.5 Å². The maximum Gasteiger partial charge on any atom is 0.224 e. The van der Waals surface area contributed by atoms with Gasteiger partial charge in [-0.3, -0.25) is 4.79 Å². The van der Waals surface area contributed by atoms with Crippen LogP contribution in [0.4, 0.5) is 0 Å². The molecular formula is C18H25ClN2O2. The molecule has 0 radical (unpaired) electrons. The molecule has 1 atom stereocenters. The third-order valence-electron chi connectivity index (χ3n) is 4.80. The van der Waals surface area contributed by atoms with E-state index in [2.05, 4.69) is 5.32 Å². The number of carbonyl (C=O) groups excluding carboxylic acids is 1. The summed E-state index contributed by atoms with van der Waals surface area (Å²) in [5.74, 6) is 0.208. The average Bonchev–Trinajstić information content (AvgIpc) is 3.09. The van der Waals surface area contributed by atoms with Crippen LogP contribution >= 0.6 is 11.6 Å². The Hall–Kier alpha value is -1.10. The van der Waals surface area contributed by atoms with Crippen LogP contribution in [0.1, 0.15) is 37.7 Å². The van der Waals surface area contributed by atoms with Crippen LogP contribution in [0.3, 0.4) is 0 Å². The van der Waals surface area contributed by atoms with Gasteiger partial charge in [-0.1, -0.05) is 42.6 Å². The molecule has 1 saturated carbocycles. The van der Waals surface area contributed by atoms with Crippen molar-refractivity contribution < 1.29 is 9.53 Å². The lowest BCUT2D eigenvalue weighted by molar-refractivity contribution is -0.135. The van der Waals surface area contributed by atoms with Gasteiger partial charge in [0.25, 0.3) is 0 Å². The number of morpholine rings is 1. The molecule has 1 aromatic carbocycles. The second kappa shape index (κ2) is 8.13. The summed E-state index contributed by atoms with van der Waals surface area (Å²) >= 11 is 6.30. The molecule has 3 rings (SSSR count). The topological polar surface area (TPSA) is 41.6 Å². The zero-order valence-electron chi connectivity index (χ0n) is 13.5. The molecule has 1 aliphatic heterocycles. The third-order valence-corrected chi connectivity index (χ3v) is 5.17. The average molecular weight is 337 g/mol. The smallest absolute Gasteiger partial charge is 0.224 e. The van der Waals surface area contributed by atoms with Gasteiger partial charge in [0.2, 0.25) is 5.91 Å². The van der Waals surface area contributed by atoms with Crippen molar-refractivity contribution in [3.8, 4) is 0 Å². The van der Waals surface area contributed by atoms with Crippen molar-refractivity contribution in [2.45, 2.75) is 50.7 Å². The molecule has 126 valence electrons. The predicted molar refractivity (Wildman–Crippen MR) is 91.5 cm³/mol. The minimum atomic E-state index is 0.131. The van der Waals surface area contributed by atoms with Crippen LogP contribution < -0.4 is 5.32 Å². The molecule has 2 aliphatic rings. The number of carbonyl (C=O) groups is 1. The standard InChI is InChI=1S/C18H25ClN2O2/c19-17-8-4-1-5-14(17)12-21(16-6-2-3-7-16)18(22)11-15-13-23-10-9-20-15/h1,4-5,8,15-16,20H,2-3,6-7,9-13H2. The zero-order chi connectivity index (χ0) is 16.1. The van der Waals surface area contributed by atoms with Crippen LogP contribution in [0.5, 0.6) is 0 Å². The lowest BCUT2D eigenvalue weighted by atomic mass is 10.1. The van der Waals surface area contributed by atoms with E-state index >= 15 is 0 Å². The lowest BCUT2D eigenvalue weighted by Gasteiger charge is -2.32. The Balaban J connectivity index is 1.69. The van der Waals surface area contributed by atoms with E-state index in [0.717, 1.165) is 36.6 Å². The fourth-order valence-corrected chi connectivity index (χ4v) is 3.72. The highest BCUT2D eigenvalue weighted by atomic mass is 35.5. The van der Waals surface area contributed by atoms with Gasteiger partial charge in [-0.25, -0.2) is 0 Å². The maximum absolute atomic E-state index is 12.9. The number of nitrogens with one attached hydrogen (secondary N) is 1. The van der Waals surface area contributed by atoms with E-state index in [4.69, 9.17) is 16.3 Å². The van der Waals surface area contributed by atoms with Crippen LogP contribution in [0, 0.1) is 0 Å². The largest absolute Gasteiger partial charge is 0.378 e. The van der Waals surface area contributed by atoms with Gasteiger partial charge in [0.1, 0.15) is 0 Å². The number of hydrogen-bond acceptors (Lipinski definition) is 3. The van der Waals surface area contributed by atoms with Gasteiger partial charge in [0, 0.05) is 36.6 Å². The van der Waals surface area contributed by atoms with Crippen molar-refractivity contribution >= 4 is 17.5 Å². The van der Waals surface area contributed by atoms with E-state index in [1.54, 1.807) is 0 Å². The van der Waals surface area contributed by atoms with E-state index < -0.39 is 0 Å². The first-order valence-electron chi connectivity index (χ1n) is 8.58. The molecule has 1 saturated heterocycles. The third kappa shape index (κ3) is 4.46. The maximum atomic E-state index is 12.9. The normalized spacial score (nSPS) is 22.2. The molecule has 23 heavy (non-hydrogen) atoms. The summed E-state index contributed by atoms with van der Waals surface area (Å²) < 4.78 is 5.47. The summed E-state index contributed by atoms with van der Waals surface area (Å²) in [6.07, 6.45) is 5.13. The molecule has 1 amide bonds. The quantitative estimate of drug-likeness (QED) is 0.898.